The van der Waals surface area contributed by atoms with Gasteiger partial charge < -0.3 is 19.7 Å². The summed E-state index contributed by atoms with van der Waals surface area (Å²) in [5.74, 6) is 1.74. The molecule has 5 nitrogen and oxygen atoms in total. The predicted octanol–water partition coefficient (Wildman–Crippen LogP) is 4.80. The summed E-state index contributed by atoms with van der Waals surface area (Å²) in [5.41, 5.74) is -0.0893. The second-order valence-electron chi connectivity index (χ2n) is 14.3. The summed E-state index contributed by atoms with van der Waals surface area (Å²) >= 11 is 0. The predicted molar refractivity (Wildman–Crippen MR) is 135 cm³/mol. The van der Waals surface area contributed by atoms with Crippen LogP contribution >= 0.6 is 0 Å². The number of likely N-dealkylation sites (tertiary alicyclic amines) is 1. The van der Waals surface area contributed by atoms with Crippen molar-refractivity contribution in [2.24, 2.45) is 22.7 Å². The molecule has 2 spiro atoms. The van der Waals surface area contributed by atoms with Crippen molar-refractivity contribution < 1.29 is 19.7 Å². The van der Waals surface area contributed by atoms with Crippen LogP contribution in [0.4, 0.5) is 0 Å². The number of rotatable bonds is 4. The van der Waals surface area contributed by atoms with Crippen molar-refractivity contribution >= 4 is 0 Å². The Morgan fingerprint density at radius 1 is 1.14 bits per heavy atom. The highest BCUT2D eigenvalue weighted by atomic mass is 16.6. The van der Waals surface area contributed by atoms with E-state index >= 15 is 0 Å². The Labute approximate surface area is 210 Å². The number of piperidine rings is 1. The Morgan fingerprint density at radius 2 is 1.89 bits per heavy atom. The third-order valence-electron chi connectivity index (χ3n) is 12.5. The van der Waals surface area contributed by atoms with Gasteiger partial charge in [0.25, 0.3) is 0 Å². The van der Waals surface area contributed by atoms with Gasteiger partial charge in [-0.1, -0.05) is 26.8 Å². The molecule has 5 aliphatic carbocycles. The second kappa shape index (κ2) is 6.39. The summed E-state index contributed by atoms with van der Waals surface area (Å²) in [4.78, 5) is 2.82. The van der Waals surface area contributed by atoms with E-state index in [1.807, 2.05) is 20.1 Å². The Bertz CT molecular complexity index is 1100. The van der Waals surface area contributed by atoms with Crippen LogP contribution in [0.3, 0.4) is 0 Å². The van der Waals surface area contributed by atoms with Crippen molar-refractivity contribution in [1.82, 2.24) is 4.90 Å². The van der Waals surface area contributed by atoms with Crippen molar-refractivity contribution in [3.63, 3.8) is 0 Å². The molecule has 2 aliphatic heterocycles. The smallest absolute Gasteiger partial charge is 0.166 e. The van der Waals surface area contributed by atoms with Gasteiger partial charge in [0, 0.05) is 36.6 Å². The summed E-state index contributed by atoms with van der Waals surface area (Å²) in [6.45, 7) is 13.1. The van der Waals surface area contributed by atoms with E-state index in [0.29, 0.717) is 11.8 Å². The lowest BCUT2D eigenvalue weighted by molar-refractivity contribution is -0.345. The Hall–Kier alpha value is -1.30. The number of fused-ring (bicyclic) bond motifs is 2. The van der Waals surface area contributed by atoms with Gasteiger partial charge in [-0.15, -0.1) is 0 Å². The van der Waals surface area contributed by atoms with Gasteiger partial charge >= 0.3 is 0 Å². The molecule has 4 bridgehead atoms. The zero-order valence-electron chi connectivity index (χ0n) is 22.4. The summed E-state index contributed by atoms with van der Waals surface area (Å²) in [6.07, 6.45) is 7.71. The number of hydrogen-bond acceptors (Lipinski definition) is 5. The highest BCUT2D eigenvalue weighted by Gasteiger charge is 2.86. The lowest BCUT2D eigenvalue weighted by Gasteiger charge is -2.78. The fraction of sp³-hybridized carbons (Fsp3) is 0.800. The van der Waals surface area contributed by atoms with E-state index in [4.69, 9.17) is 9.47 Å². The van der Waals surface area contributed by atoms with Crippen LogP contribution in [0.1, 0.15) is 84.3 Å². The van der Waals surface area contributed by atoms with Gasteiger partial charge in [-0.05, 0) is 88.3 Å². The van der Waals surface area contributed by atoms with E-state index in [9.17, 15) is 10.2 Å². The largest absolute Gasteiger partial charge is 0.504 e. The molecule has 1 unspecified atom stereocenters. The van der Waals surface area contributed by atoms with E-state index < -0.39 is 16.8 Å². The van der Waals surface area contributed by atoms with E-state index in [-0.39, 0.29) is 27.9 Å². The number of aromatic hydroxyl groups is 1. The number of benzene rings is 1. The molecule has 1 aromatic rings. The van der Waals surface area contributed by atoms with Gasteiger partial charge in [-0.2, -0.15) is 0 Å². The standard InChI is InChI=1S/C30H43NO4/c1-25(2,3)26(4,33)21-16-28-11-12-30(21,34-6)27(5)29(28)13-14-31(17-18-7-8-18)22(28)15-19-9-10-20(32)24(35-27)23(19)29/h9-10,18,21-22,32-33H,7-8,11-17H2,1-6H3/t21-,22-,26+,27+,28?,29+,30-/m1/s1. The van der Waals surface area contributed by atoms with Crippen LogP contribution in [-0.2, 0) is 16.6 Å². The zero-order valence-corrected chi connectivity index (χ0v) is 22.4. The summed E-state index contributed by atoms with van der Waals surface area (Å²) < 4.78 is 13.7. The zero-order chi connectivity index (χ0) is 24.8. The van der Waals surface area contributed by atoms with E-state index in [1.165, 1.54) is 30.5 Å². The molecule has 0 radical (unpaired) electrons. The number of methoxy groups -OCH3 is 1. The number of phenols is 1. The summed E-state index contributed by atoms with van der Waals surface area (Å²) in [7, 11) is 1.83. The maximum atomic E-state index is 12.3. The highest BCUT2D eigenvalue weighted by Crippen LogP contribution is 2.81. The molecule has 1 saturated heterocycles. The molecule has 0 aromatic heterocycles. The molecule has 192 valence electrons. The van der Waals surface area contributed by atoms with Crippen molar-refractivity contribution in [1.29, 1.82) is 0 Å². The minimum Gasteiger partial charge on any atom is -0.504 e. The van der Waals surface area contributed by atoms with Crippen LogP contribution in [-0.4, -0.2) is 58.2 Å². The van der Waals surface area contributed by atoms with Crippen LogP contribution in [0.15, 0.2) is 12.1 Å². The van der Waals surface area contributed by atoms with E-state index in [1.54, 1.807) is 0 Å². The molecule has 7 atom stereocenters. The number of aliphatic hydroxyl groups is 1. The summed E-state index contributed by atoms with van der Waals surface area (Å²) in [5, 5.41) is 23.4. The topological polar surface area (TPSA) is 62.2 Å². The quantitative estimate of drug-likeness (QED) is 0.647. The van der Waals surface area contributed by atoms with Gasteiger partial charge in [0.2, 0.25) is 0 Å². The fourth-order valence-electron chi connectivity index (χ4n) is 10.2. The minimum absolute atomic E-state index is 0.00111. The molecular weight excluding hydrogens is 438 g/mol. The van der Waals surface area contributed by atoms with Crippen LogP contribution in [0.2, 0.25) is 0 Å². The SMILES string of the molecule is CO[C@]12CCC3(C[C@@H]1[C@](C)(O)C(C)(C)C)[C@H]1Cc4ccc(O)c5c4[C@@]3(CCN1CC1CC1)[C@]2(C)O5. The average molecular weight is 482 g/mol. The molecule has 2 N–H and O–H groups in total. The first kappa shape index (κ1) is 22.9. The van der Waals surface area contributed by atoms with Crippen molar-refractivity contribution in [3.8, 4) is 11.5 Å². The van der Waals surface area contributed by atoms with Crippen LogP contribution in [0.25, 0.3) is 0 Å². The maximum absolute atomic E-state index is 12.3. The Balaban J connectivity index is 1.51. The molecule has 1 aromatic carbocycles. The molecule has 35 heavy (non-hydrogen) atoms. The van der Waals surface area contributed by atoms with Crippen molar-refractivity contribution in [2.45, 2.75) is 108 Å². The summed E-state index contributed by atoms with van der Waals surface area (Å²) in [6, 6.07) is 4.45. The normalized spacial score (nSPS) is 45.1. The van der Waals surface area contributed by atoms with Gasteiger partial charge in [0.1, 0.15) is 11.2 Å². The number of hydrogen-bond donors (Lipinski definition) is 2. The van der Waals surface area contributed by atoms with Crippen LogP contribution in [0.5, 0.6) is 11.5 Å². The van der Waals surface area contributed by atoms with Gasteiger partial charge in [-0.25, -0.2) is 0 Å². The third kappa shape index (κ3) is 2.26. The lowest BCUT2D eigenvalue weighted by Crippen LogP contribution is -2.87. The van der Waals surface area contributed by atoms with Crippen molar-refractivity contribution in [3.05, 3.63) is 23.3 Å². The van der Waals surface area contributed by atoms with Crippen molar-refractivity contribution in [2.75, 3.05) is 20.2 Å². The van der Waals surface area contributed by atoms with Crippen LogP contribution in [0, 0.1) is 22.7 Å². The number of ether oxygens (including phenoxy) is 2. The monoisotopic (exact) mass is 481 g/mol. The van der Waals surface area contributed by atoms with Gasteiger partial charge in [-0.3, -0.25) is 4.90 Å². The van der Waals surface area contributed by atoms with Crippen LogP contribution < -0.4 is 4.74 Å². The molecule has 7 aliphatic rings. The molecule has 5 heteroatoms. The van der Waals surface area contributed by atoms with Gasteiger partial charge in [0.05, 0.1) is 11.0 Å². The third-order valence-corrected chi connectivity index (χ3v) is 12.5. The molecule has 4 saturated carbocycles. The first-order valence-electron chi connectivity index (χ1n) is 13.9. The van der Waals surface area contributed by atoms with Gasteiger partial charge in [0.15, 0.2) is 11.5 Å². The minimum atomic E-state index is -0.933. The molecule has 2 heterocycles. The number of phenolic OH excluding ortho intramolecular Hbond substituents is 1. The second-order valence-corrected chi connectivity index (χ2v) is 14.3. The maximum Gasteiger partial charge on any atom is 0.166 e. The first-order valence-corrected chi connectivity index (χ1v) is 13.9. The Morgan fingerprint density at radius 3 is 2.54 bits per heavy atom. The average Bonchev–Trinajstić information content (AvgIpc) is 3.56. The molecular formula is C30H43NO4. The number of nitrogens with zero attached hydrogens (tertiary/aromatic N) is 1. The van der Waals surface area contributed by atoms with E-state index in [0.717, 1.165) is 44.6 Å². The molecule has 0 amide bonds. The van der Waals surface area contributed by atoms with E-state index in [2.05, 4.69) is 38.7 Å². The molecule has 8 rings (SSSR count). The Kier molecular flexibility index (Phi) is 4.18. The lowest BCUT2D eigenvalue weighted by atomic mass is 9.30. The fourth-order valence-corrected chi connectivity index (χ4v) is 10.2. The first-order chi connectivity index (χ1) is 16.4. The highest BCUT2D eigenvalue weighted by molar-refractivity contribution is 5.65. The molecule has 5 fully saturated rings.